The van der Waals surface area contributed by atoms with E-state index in [9.17, 15) is 13.2 Å². The van der Waals surface area contributed by atoms with E-state index in [4.69, 9.17) is 14.2 Å². The van der Waals surface area contributed by atoms with Crippen LogP contribution >= 0.6 is 0 Å². The molecular formula is C24H33N3O6S. The molecule has 1 amide bonds. The second-order valence-corrected chi connectivity index (χ2v) is 9.96. The summed E-state index contributed by atoms with van der Waals surface area (Å²) in [4.78, 5) is 15.0. The maximum Gasteiger partial charge on any atom is 0.251 e. The second kappa shape index (κ2) is 12.2. The molecule has 34 heavy (non-hydrogen) atoms. The van der Waals surface area contributed by atoms with E-state index in [0.29, 0.717) is 6.61 Å². The van der Waals surface area contributed by atoms with Gasteiger partial charge in [-0.05, 0) is 49.7 Å². The minimum atomic E-state index is -3.83. The smallest absolute Gasteiger partial charge is 0.251 e. The van der Waals surface area contributed by atoms with Gasteiger partial charge in [0.15, 0.2) is 0 Å². The molecule has 1 fully saturated rings. The first-order valence-corrected chi connectivity index (χ1v) is 12.8. The monoisotopic (exact) mass is 491 g/mol. The predicted octanol–water partition coefficient (Wildman–Crippen LogP) is 2.02. The number of morpholine rings is 1. The molecule has 186 valence electrons. The maximum absolute atomic E-state index is 12.7. The zero-order valence-corrected chi connectivity index (χ0v) is 20.7. The van der Waals surface area contributed by atoms with E-state index in [2.05, 4.69) is 14.9 Å². The summed E-state index contributed by atoms with van der Waals surface area (Å²) in [6, 6.07) is 11.6. The quantitative estimate of drug-likeness (QED) is 0.495. The van der Waals surface area contributed by atoms with Crippen LogP contribution in [0.25, 0.3) is 0 Å². The Bertz CT molecular complexity index is 1070. The van der Waals surface area contributed by atoms with Gasteiger partial charge in [0, 0.05) is 37.8 Å². The Kier molecular flexibility index (Phi) is 9.28. The number of rotatable bonds is 11. The van der Waals surface area contributed by atoms with E-state index in [1.165, 1.54) is 25.3 Å². The Balaban J connectivity index is 1.60. The Morgan fingerprint density at radius 2 is 1.91 bits per heavy atom. The maximum atomic E-state index is 12.7. The van der Waals surface area contributed by atoms with E-state index in [1.807, 2.05) is 24.3 Å². The fourth-order valence-electron chi connectivity index (χ4n) is 3.55. The summed E-state index contributed by atoms with van der Waals surface area (Å²) >= 11 is 0. The molecule has 0 atom stereocenters. The van der Waals surface area contributed by atoms with E-state index >= 15 is 0 Å². The average Bonchev–Trinajstić information content (AvgIpc) is 2.82. The molecule has 10 heteroatoms. The molecule has 0 aromatic heterocycles. The van der Waals surface area contributed by atoms with Crippen molar-refractivity contribution >= 4 is 15.9 Å². The molecule has 2 aromatic rings. The fourth-order valence-corrected chi connectivity index (χ4v) is 4.99. The first-order chi connectivity index (χ1) is 16.3. The first kappa shape index (κ1) is 26.0. The minimum Gasteiger partial charge on any atom is -0.495 e. The number of methoxy groups -OCH3 is 1. The highest BCUT2D eigenvalue weighted by Gasteiger charge is 2.22. The van der Waals surface area contributed by atoms with Crippen LogP contribution in [0.15, 0.2) is 47.4 Å². The minimum absolute atomic E-state index is 0.0768. The zero-order chi connectivity index (χ0) is 24.6. The molecule has 1 aliphatic rings. The van der Waals surface area contributed by atoms with Crippen LogP contribution in [-0.4, -0.2) is 71.8 Å². The molecule has 9 nitrogen and oxygen atoms in total. The van der Waals surface area contributed by atoms with Crippen molar-refractivity contribution in [2.24, 2.45) is 0 Å². The lowest BCUT2D eigenvalue weighted by Crippen LogP contribution is -2.38. The number of sulfonamides is 1. The highest BCUT2D eigenvalue weighted by atomic mass is 32.2. The topological polar surface area (TPSA) is 106 Å². The Hall–Kier alpha value is -2.66. The molecule has 0 unspecified atom stereocenters. The lowest BCUT2D eigenvalue weighted by atomic mass is 10.2. The molecule has 0 aliphatic carbocycles. The highest BCUT2D eigenvalue weighted by molar-refractivity contribution is 7.89. The summed E-state index contributed by atoms with van der Waals surface area (Å²) in [7, 11) is -2.44. The number of carbonyl (C=O) groups excluding carboxylic acids is 1. The molecule has 0 saturated carbocycles. The molecule has 0 radical (unpaired) electrons. The van der Waals surface area contributed by atoms with Crippen molar-refractivity contribution in [2.45, 2.75) is 31.3 Å². The third-order valence-corrected chi connectivity index (χ3v) is 6.92. The Labute approximate surface area is 201 Å². The average molecular weight is 492 g/mol. The predicted molar refractivity (Wildman–Crippen MR) is 129 cm³/mol. The lowest BCUT2D eigenvalue weighted by Gasteiger charge is -2.26. The summed E-state index contributed by atoms with van der Waals surface area (Å²) in [5, 5.41) is 2.83. The van der Waals surface area contributed by atoms with Crippen molar-refractivity contribution in [1.29, 1.82) is 0 Å². The van der Waals surface area contributed by atoms with Gasteiger partial charge in [-0.25, -0.2) is 13.1 Å². The van der Waals surface area contributed by atoms with Crippen LogP contribution in [0.2, 0.25) is 0 Å². The van der Waals surface area contributed by atoms with E-state index < -0.39 is 10.0 Å². The van der Waals surface area contributed by atoms with Crippen molar-refractivity contribution in [1.82, 2.24) is 14.9 Å². The van der Waals surface area contributed by atoms with Crippen LogP contribution in [0, 0.1) is 0 Å². The number of carbonyl (C=O) groups is 1. The van der Waals surface area contributed by atoms with E-state index in [1.54, 1.807) is 13.8 Å². The van der Waals surface area contributed by atoms with Crippen molar-refractivity contribution < 1.29 is 27.4 Å². The number of benzene rings is 2. The number of ether oxygens (including phenoxy) is 3. The number of hydrogen-bond donors (Lipinski definition) is 2. The lowest BCUT2D eigenvalue weighted by molar-refractivity contribution is 0.0322. The summed E-state index contributed by atoms with van der Waals surface area (Å²) in [6.45, 7) is 8.47. The third kappa shape index (κ3) is 7.42. The molecule has 1 aliphatic heterocycles. The molecule has 3 rings (SSSR count). The molecular weight excluding hydrogens is 458 g/mol. The van der Waals surface area contributed by atoms with Crippen molar-refractivity contribution in [3.05, 3.63) is 53.6 Å². The normalized spacial score (nSPS) is 14.7. The summed E-state index contributed by atoms with van der Waals surface area (Å²) in [5.41, 5.74) is 1.10. The van der Waals surface area contributed by atoms with Gasteiger partial charge >= 0.3 is 0 Å². The zero-order valence-electron chi connectivity index (χ0n) is 19.9. The van der Waals surface area contributed by atoms with Crippen LogP contribution in [0.1, 0.15) is 29.8 Å². The van der Waals surface area contributed by atoms with Gasteiger partial charge < -0.3 is 19.5 Å². The molecule has 1 heterocycles. The summed E-state index contributed by atoms with van der Waals surface area (Å²) < 4.78 is 44.2. The fraction of sp³-hybridized carbons (Fsp3) is 0.458. The third-order valence-electron chi connectivity index (χ3n) is 5.24. The first-order valence-electron chi connectivity index (χ1n) is 11.3. The van der Waals surface area contributed by atoms with Gasteiger partial charge in [-0.1, -0.05) is 12.1 Å². The molecule has 0 bridgehead atoms. The van der Waals surface area contributed by atoms with Gasteiger partial charge in [0.2, 0.25) is 10.0 Å². The van der Waals surface area contributed by atoms with Crippen molar-refractivity contribution in [3.8, 4) is 11.5 Å². The van der Waals surface area contributed by atoms with Gasteiger partial charge in [0.1, 0.15) is 23.0 Å². The number of nitrogens with zero attached hydrogens (tertiary/aromatic N) is 1. The number of nitrogens with one attached hydrogen (secondary N) is 2. The van der Waals surface area contributed by atoms with Gasteiger partial charge in [-0.3, -0.25) is 9.69 Å². The van der Waals surface area contributed by atoms with Gasteiger partial charge in [0.25, 0.3) is 5.91 Å². The van der Waals surface area contributed by atoms with Crippen LogP contribution in [-0.2, 0) is 21.3 Å². The van der Waals surface area contributed by atoms with Gasteiger partial charge in [-0.15, -0.1) is 0 Å². The van der Waals surface area contributed by atoms with Crippen molar-refractivity contribution in [2.75, 3.05) is 46.6 Å². The standard InChI is InChI=1S/C24H33N3O6S/c1-18(2)26-34(29,30)23-16-20(7-8-22(23)31-3)24(28)25-17-19-5-4-6-21(15-19)33-14-11-27-9-12-32-13-10-27/h4-8,15-16,18,26H,9-14,17H2,1-3H3,(H,25,28). The Morgan fingerprint density at radius 3 is 2.62 bits per heavy atom. The number of hydrogen-bond acceptors (Lipinski definition) is 7. The SMILES string of the molecule is COc1ccc(C(=O)NCc2cccc(OCCN3CCOCC3)c2)cc1S(=O)(=O)NC(C)C. The number of amides is 1. The molecule has 2 N–H and O–H groups in total. The van der Waals surface area contributed by atoms with Crippen LogP contribution in [0.3, 0.4) is 0 Å². The van der Waals surface area contributed by atoms with E-state index in [-0.39, 0.29) is 34.7 Å². The van der Waals surface area contributed by atoms with Gasteiger partial charge in [0.05, 0.1) is 20.3 Å². The molecule has 2 aromatic carbocycles. The molecule has 1 saturated heterocycles. The Morgan fingerprint density at radius 1 is 1.15 bits per heavy atom. The van der Waals surface area contributed by atoms with E-state index in [0.717, 1.165) is 44.2 Å². The highest BCUT2D eigenvalue weighted by Crippen LogP contribution is 2.25. The summed E-state index contributed by atoms with van der Waals surface area (Å²) in [5.74, 6) is 0.520. The van der Waals surface area contributed by atoms with Crippen LogP contribution < -0.4 is 19.5 Å². The second-order valence-electron chi connectivity index (χ2n) is 8.27. The van der Waals surface area contributed by atoms with Crippen LogP contribution in [0.4, 0.5) is 0 Å². The summed E-state index contributed by atoms with van der Waals surface area (Å²) in [6.07, 6.45) is 0. The largest absolute Gasteiger partial charge is 0.495 e. The van der Waals surface area contributed by atoms with Crippen molar-refractivity contribution in [3.63, 3.8) is 0 Å². The van der Waals surface area contributed by atoms with Gasteiger partial charge in [-0.2, -0.15) is 0 Å². The molecule has 0 spiro atoms. The van der Waals surface area contributed by atoms with Crippen LogP contribution in [0.5, 0.6) is 11.5 Å².